The van der Waals surface area contributed by atoms with Gasteiger partial charge < -0.3 is 4.98 Å². The minimum absolute atomic E-state index is 0.561. The number of aromatic nitrogens is 2. The van der Waals surface area contributed by atoms with Gasteiger partial charge in [-0.05, 0) is 24.3 Å². The molecule has 0 bridgehead atoms. The van der Waals surface area contributed by atoms with Crippen molar-refractivity contribution in [2.75, 3.05) is 0 Å². The van der Waals surface area contributed by atoms with Crippen LogP contribution in [0.25, 0.3) is 22.6 Å². The summed E-state index contributed by atoms with van der Waals surface area (Å²) in [5.74, 6) is 0. The van der Waals surface area contributed by atoms with Crippen LogP contribution in [0.1, 0.15) is 11.3 Å². The van der Waals surface area contributed by atoms with Crippen molar-refractivity contribution >= 4 is 22.6 Å². The SMILES string of the molecule is N#C/C(=C/c1c[nH]c2ccccc12)c1ccccn1. The van der Waals surface area contributed by atoms with Crippen LogP contribution in [0.2, 0.25) is 0 Å². The van der Waals surface area contributed by atoms with Gasteiger partial charge in [-0.3, -0.25) is 4.98 Å². The van der Waals surface area contributed by atoms with E-state index < -0.39 is 0 Å². The molecule has 2 heterocycles. The molecule has 0 aliphatic heterocycles. The lowest BCUT2D eigenvalue weighted by Crippen LogP contribution is -1.85. The van der Waals surface area contributed by atoms with Crippen LogP contribution < -0.4 is 0 Å². The third-order valence-electron chi connectivity index (χ3n) is 2.98. The van der Waals surface area contributed by atoms with Crippen molar-refractivity contribution in [3.05, 3.63) is 66.1 Å². The van der Waals surface area contributed by atoms with E-state index in [-0.39, 0.29) is 0 Å². The Morgan fingerprint density at radius 3 is 2.79 bits per heavy atom. The van der Waals surface area contributed by atoms with E-state index in [2.05, 4.69) is 16.0 Å². The van der Waals surface area contributed by atoms with Crippen molar-refractivity contribution in [3.63, 3.8) is 0 Å². The first-order valence-electron chi connectivity index (χ1n) is 5.98. The minimum Gasteiger partial charge on any atom is -0.361 e. The number of para-hydroxylation sites is 1. The first-order chi connectivity index (χ1) is 9.38. The average Bonchev–Trinajstić information content (AvgIpc) is 2.89. The number of aromatic amines is 1. The molecule has 0 atom stereocenters. The molecular weight excluding hydrogens is 234 g/mol. The van der Waals surface area contributed by atoms with Crippen LogP contribution in [0.5, 0.6) is 0 Å². The van der Waals surface area contributed by atoms with Gasteiger partial charge in [0.2, 0.25) is 0 Å². The van der Waals surface area contributed by atoms with E-state index in [9.17, 15) is 5.26 Å². The van der Waals surface area contributed by atoms with Crippen LogP contribution in [0.3, 0.4) is 0 Å². The fourth-order valence-corrected chi connectivity index (χ4v) is 2.05. The third kappa shape index (κ3) is 2.12. The van der Waals surface area contributed by atoms with Crippen LogP contribution in [0.15, 0.2) is 54.9 Å². The van der Waals surface area contributed by atoms with Crippen molar-refractivity contribution in [3.8, 4) is 6.07 Å². The number of benzene rings is 1. The minimum atomic E-state index is 0.561. The van der Waals surface area contributed by atoms with Crippen molar-refractivity contribution in [2.24, 2.45) is 0 Å². The second-order valence-electron chi connectivity index (χ2n) is 4.17. The maximum atomic E-state index is 9.28. The lowest BCUT2D eigenvalue weighted by atomic mass is 10.1. The summed E-state index contributed by atoms with van der Waals surface area (Å²) in [7, 11) is 0. The highest BCUT2D eigenvalue weighted by Gasteiger charge is 2.05. The lowest BCUT2D eigenvalue weighted by molar-refractivity contribution is 1.28. The average molecular weight is 245 g/mol. The maximum Gasteiger partial charge on any atom is 0.101 e. The molecule has 19 heavy (non-hydrogen) atoms. The number of allylic oxidation sites excluding steroid dienone is 1. The number of hydrogen-bond acceptors (Lipinski definition) is 2. The molecule has 1 N–H and O–H groups in total. The van der Waals surface area contributed by atoms with Crippen LogP contribution in [0, 0.1) is 11.3 Å². The summed E-state index contributed by atoms with van der Waals surface area (Å²) in [5.41, 5.74) is 3.31. The summed E-state index contributed by atoms with van der Waals surface area (Å²) < 4.78 is 0. The predicted molar refractivity (Wildman–Crippen MR) is 76.0 cm³/mol. The Labute approximate surface area is 110 Å². The molecule has 2 aromatic heterocycles. The van der Waals surface area contributed by atoms with Crippen molar-refractivity contribution in [1.29, 1.82) is 5.26 Å². The van der Waals surface area contributed by atoms with Gasteiger partial charge in [-0.15, -0.1) is 0 Å². The van der Waals surface area contributed by atoms with Crippen LogP contribution >= 0.6 is 0 Å². The molecule has 0 saturated carbocycles. The van der Waals surface area contributed by atoms with Gasteiger partial charge in [-0.25, -0.2) is 0 Å². The number of fused-ring (bicyclic) bond motifs is 1. The van der Waals surface area contributed by atoms with Gasteiger partial charge >= 0.3 is 0 Å². The Morgan fingerprint density at radius 1 is 1.16 bits per heavy atom. The zero-order valence-corrected chi connectivity index (χ0v) is 10.2. The van der Waals surface area contributed by atoms with Gasteiger partial charge in [0, 0.05) is 28.9 Å². The largest absolute Gasteiger partial charge is 0.361 e. The Morgan fingerprint density at radius 2 is 2.00 bits per heavy atom. The van der Waals surface area contributed by atoms with Crippen LogP contribution in [0.4, 0.5) is 0 Å². The zero-order chi connectivity index (χ0) is 13.1. The van der Waals surface area contributed by atoms with Gasteiger partial charge in [0.1, 0.15) is 6.07 Å². The highest BCUT2D eigenvalue weighted by molar-refractivity contribution is 5.97. The van der Waals surface area contributed by atoms with Crippen molar-refractivity contribution < 1.29 is 0 Å². The third-order valence-corrected chi connectivity index (χ3v) is 2.98. The van der Waals surface area contributed by atoms with Crippen LogP contribution in [-0.2, 0) is 0 Å². The number of rotatable bonds is 2. The van der Waals surface area contributed by atoms with E-state index in [1.807, 2.05) is 54.7 Å². The fraction of sp³-hybridized carbons (Fsp3) is 0. The topological polar surface area (TPSA) is 52.5 Å². The van der Waals surface area contributed by atoms with Gasteiger partial charge in [0.15, 0.2) is 0 Å². The van der Waals surface area contributed by atoms with Crippen molar-refractivity contribution in [1.82, 2.24) is 9.97 Å². The molecule has 0 aliphatic rings. The predicted octanol–water partition coefficient (Wildman–Crippen LogP) is 3.63. The molecule has 0 amide bonds. The van der Waals surface area contributed by atoms with E-state index in [1.165, 1.54) is 0 Å². The monoisotopic (exact) mass is 245 g/mol. The highest BCUT2D eigenvalue weighted by atomic mass is 14.7. The van der Waals surface area contributed by atoms with Crippen LogP contribution in [-0.4, -0.2) is 9.97 Å². The van der Waals surface area contributed by atoms with E-state index in [4.69, 9.17) is 0 Å². The molecular formula is C16H11N3. The fourth-order valence-electron chi connectivity index (χ4n) is 2.05. The highest BCUT2D eigenvalue weighted by Crippen LogP contribution is 2.22. The van der Waals surface area contributed by atoms with Crippen molar-refractivity contribution in [2.45, 2.75) is 0 Å². The molecule has 0 saturated heterocycles. The Kier molecular flexibility index (Phi) is 2.83. The summed E-state index contributed by atoms with van der Waals surface area (Å²) in [4.78, 5) is 7.40. The molecule has 1 aromatic carbocycles. The Hall–Kier alpha value is -2.86. The molecule has 0 fully saturated rings. The summed E-state index contributed by atoms with van der Waals surface area (Å²) in [5, 5.41) is 10.4. The quantitative estimate of drug-likeness (QED) is 0.701. The Balaban J connectivity index is 2.12. The van der Waals surface area contributed by atoms with E-state index in [1.54, 1.807) is 6.20 Å². The van der Waals surface area contributed by atoms with Gasteiger partial charge in [-0.2, -0.15) is 5.26 Å². The normalized spacial score (nSPS) is 11.4. The summed E-state index contributed by atoms with van der Waals surface area (Å²) in [6.45, 7) is 0. The number of nitrogens with one attached hydrogen (secondary N) is 1. The maximum absolute atomic E-state index is 9.28. The van der Waals surface area contributed by atoms with Gasteiger partial charge in [0.05, 0.1) is 11.3 Å². The molecule has 90 valence electrons. The molecule has 3 aromatic rings. The zero-order valence-electron chi connectivity index (χ0n) is 10.2. The molecule has 3 rings (SSSR count). The molecule has 0 unspecified atom stereocenters. The second kappa shape index (κ2) is 4.79. The van der Waals surface area contributed by atoms with E-state index >= 15 is 0 Å². The number of pyridine rings is 1. The molecule has 3 nitrogen and oxygen atoms in total. The molecule has 3 heteroatoms. The second-order valence-corrected chi connectivity index (χ2v) is 4.17. The van der Waals surface area contributed by atoms with E-state index in [0.717, 1.165) is 16.5 Å². The summed E-state index contributed by atoms with van der Waals surface area (Å²) in [6, 6.07) is 15.8. The number of nitriles is 1. The standard InChI is InChI=1S/C16H11N3/c17-10-12(15-6-3-4-8-18-15)9-13-11-19-16-7-2-1-5-14(13)16/h1-9,11,19H/b12-9-. The first-order valence-corrected chi connectivity index (χ1v) is 5.98. The summed E-state index contributed by atoms with van der Waals surface area (Å²) in [6.07, 6.45) is 5.46. The smallest absolute Gasteiger partial charge is 0.101 e. The van der Waals surface area contributed by atoms with Gasteiger partial charge in [0.25, 0.3) is 0 Å². The molecule has 0 spiro atoms. The Bertz CT molecular complexity index is 776. The number of hydrogen-bond donors (Lipinski definition) is 1. The lowest BCUT2D eigenvalue weighted by Gasteiger charge is -1.97. The van der Waals surface area contributed by atoms with E-state index in [0.29, 0.717) is 11.3 Å². The number of H-pyrrole nitrogens is 1. The molecule has 0 radical (unpaired) electrons. The number of nitrogens with zero attached hydrogens (tertiary/aromatic N) is 2. The summed E-state index contributed by atoms with van der Waals surface area (Å²) >= 11 is 0. The molecule has 0 aliphatic carbocycles. The first kappa shape index (κ1) is 11.2. The van der Waals surface area contributed by atoms with Gasteiger partial charge in [-0.1, -0.05) is 24.3 Å².